The lowest BCUT2D eigenvalue weighted by Gasteiger charge is -2.24. The van der Waals surface area contributed by atoms with Crippen LogP contribution < -0.4 is 4.74 Å². The maximum Gasteiger partial charge on any atom is 0.224 e. The van der Waals surface area contributed by atoms with Crippen LogP contribution in [-0.4, -0.2) is 65.1 Å². The molecule has 1 atom stereocenters. The molecule has 1 N–H and O–H groups in total. The molecule has 2 fully saturated rings. The molecule has 0 aromatic heterocycles. The SMILES string of the molecule is O=C1CCCN1CCC(=O)N1CC[C@](O)(COc2cccc(F)c2)C1. The van der Waals surface area contributed by atoms with E-state index in [0.29, 0.717) is 31.7 Å². The van der Waals surface area contributed by atoms with Gasteiger partial charge in [-0.15, -0.1) is 0 Å². The summed E-state index contributed by atoms with van der Waals surface area (Å²) >= 11 is 0. The number of hydrogen-bond acceptors (Lipinski definition) is 4. The number of aliphatic hydroxyl groups is 1. The number of halogens is 1. The lowest BCUT2D eigenvalue weighted by molar-refractivity contribution is -0.133. The van der Waals surface area contributed by atoms with Crippen molar-refractivity contribution in [2.24, 2.45) is 0 Å². The Kier molecular flexibility index (Phi) is 5.22. The fourth-order valence-corrected chi connectivity index (χ4v) is 3.29. The number of ether oxygens (including phenoxy) is 1. The Hall–Kier alpha value is -2.15. The van der Waals surface area contributed by atoms with Gasteiger partial charge in [0.15, 0.2) is 0 Å². The molecule has 0 radical (unpaired) electrons. The van der Waals surface area contributed by atoms with Gasteiger partial charge in [-0.25, -0.2) is 4.39 Å². The third kappa shape index (κ3) is 4.48. The van der Waals surface area contributed by atoms with Gasteiger partial charge in [0.2, 0.25) is 11.8 Å². The first-order valence-corrected chi connectivity index (χ1v) is 8.61. The van der Waals surface area contributed by atoms with E-state index in [1.54, 1.807) is 21.9 Å². The maximum absolute atomic E-state index is 13.1. The van der Waals surface area contributed by atoms with Crippen LogP contribution >= 0.6 is 0 Å². The average Bonchev–Trinajstić information content (AvgIpc) is 3.17. The van der Waals surface area contributed by atoms with Crippen molar-refractivity contribution in [2.75, 3.05) is 32.8 Å². The number of likely N-dealkylation sites (tertiary alicyclic amines) is 2. The van der Waals surface area contributed by atoms with E-state index in [2.05, 4.69) is 0 Å². The third-order valence-electron chi connectivity index (χ3n) is 4.76. The van der Waals surface area contributed by atoms with Gasteiger partial charge in [0.05, 0.1) is 6.54 Å². The van der Waals surface area contributed by atoms with Gasteiger partial charge in [-0.2, -0.15) is 0 Å². The quantitative estimate of drug-likeness (QED) is 0.836. The first kappa shape index (κ1) is 17.7. The number of amides is 2. The van der Waals surface area contributed by atoms with Crippen LogP contribution in [0.3, 0.4) is 0 Å². The Morgan fingerprint density at radius 3 is 2.92 bits per heavy atom. The minimum Gasteiger partial charge on any atom is -0.490 e. The van der Waals surface area contributed by atoms with E-state index in [1.165, 1.54) is 12.1 Å². The van der Waals surface area contributed by atoms with Crippen LogP contribution in [-0.2, 0) is 9.59 Å². The predicted octanol–water partition coefficient (Wildman–Crippen LogP) is 1.18. The van der Waals surface area contributed by atoms with E-state index in [-0.39, 0.29) is 31.4 Å². The summed E-state index contributed by atoms with van der Waals surface area (Å²) in [6.07, 6.45) is 2.10. The van der Waals surface area contributed by atoms with E-state index < -0.39 is 11.4 Å². The molecule has 136 valence electrons. The molecule has 3 rings (SSSR count). The normalized spacial score (nSPS) is 23.4. The lowest BCUT2D eigenvalue weighted by Crippen LogP contribution is -2.41. The average molecular weight is 350 g/mol. The summed E-state index contributed by atoms with van der Waals surface area (Å²) in [4.78, 5) is 27.2. The fraction of sp³-hybridized carbons (Fsp3) is 0.556. The molecule has 0 aliphatic carbocycles. The molecule has 0 bridgehead atoms. The molecule has 0 unspecified atom stereocenters. The molecule has 2 aliphatic rings. The number of hydrogen-bond donors (Lipinski definition) is 1. The summed E-state index contributed by atoms with van der Waals surface area (Å²) in [6, 6.07) is 5.74. The van der Waals surface area contributed by atoms with E-state index in [0.717, 1.165) is 13.0 Å². The van der Waals surface area contributed by atoms with Crippen LogP contribution in [0.15, 0.2) is 24.3 Å². The molecule has 2 saturated heterocycles. The highest BCUT2D eigenvalue weighted by Gasteiger charge is 2.39. The lowest BCUT2D eigenvalue weighted by atomic mass is 10.1. The highest BCUT2D eigenvalue weighted by atomic mass is 19.1. The van der Waals surface area contributed by atoms with E-state index in [4.69, 9.17) is 4.74 Å². The molecule has 7 heteroatoms. The number of carbonyl (C=O) groups is 2. The van der Waals surface area contributed by atoms with Crippen LogP contribution in [0.25, 0.3) is 0 Å². The number of rotatable bonds is 6. The number of nitrogens with zero attached hydrogens (tertiary/aromatic N) is 2. The Morgan fingerprint density at radius 1 is 1.36 bits per heavy atom. The number of benzene rings is 1. The molecule has 2 heterocycles. The molecule has 1 aromatic carbocycles. The molecule has 2 aliphatic heterocycles. The van der Waals surface area contributed by atoms with Crippen molar-refractivity contribution in [1.82, 2.24) is 9.80 Å². The highest BCUT2D eigenvalue weighted by Crippen LogP contribution is 2.24. The summed E-state index contributed by atoms with van der Waals surface area (Å²) in [5, 5.41) is 10.6. The van der Waals surface area contributed by atoms with Crippen molar-refractivity contribution in [2.45, 2.75) is 31.3 Å². The van der Waals surface area contributed by atoms with E-state index in [9.17, 15) is 19.1 Å². The van der Waals surface area contributed by atoms with Gasteiger partial charge in [0.25, 0.3) is 0 Å². The molecular weight excluding hydrogens is 327 g/mol. The number of β-amino-alcohol motifs (C(OH)–C–C–N with tert-alkyl or cyclic N) is 1. The van der Waals surface area contributed by atoms with Gasteiger partial charge in [0, 0.05) is 38.5 Å². The van der Waals surface area contributed by atoms with Crippen LogP contribution in [0.5, 0.6) is 5.75 Å². The van der Waals surface area contributed by atoms with Crippen LogP contribution in [0, 0.1) is 5.82 Å². The molecule has 0 saturated carbocycles. The summed E-state index contributed by atoms with van der Waals surface area (Å²) in [5.74, 6) is -0.00877. The monoisotopic (exact) mass is 350 g/mol. The predicted molar refractivity (Wildman–Crippen MR) is 88.5 cm³/mol. The van der Waals surface area contributed by atoms with Crippen LogP contribution in [0.1, 0.15) is 25.7 Å². The topological polar surface area (TPSA) is 70.1 Å². The zero-order valence-electron chi connectivity index (χ0n) is 14.1. The Morgan fingerprint density at radius 2 is 2.20 bits per heavy atom. The van der Waals surface area contributed by atoms with Crippen molar-refractivity contribution in [3.05, 3.63) is 30.1 Å². The van der Waals surface area contributed by atoms with Crippen molar-refractivity contribution in [1.29, 1.82) is 0 Å². The van der Waals surface area contributed by atoms with Crippen molar-refractivity contribution >= 4 is 11.8 Å². The van der Waals surface area contributed by atoms with Gasteiger partial charge in [-0.3, -0.25) is 9.59 Å². The molecular formula is C18H23FN2O4. The summed E-state index contributed by atoms with van der Waals surface area (Å²) in [7, 11) is 0. The second-order valence-corrected chi connectivity index (χ2v) is 6.77. The molecule has 0 spiro atoms. The Bertz CT molecular complexity index is 654. The Balaban J connectivity index is 1.46. The zero-order valence-corrected chi connectivity index (χ0v) is 14.1. The smallest absolute Gasteiger partial charge is 0.224 e. The largest absolute Gasteiger partial charge is 0.490 e. The molecule has 6 nitrogen and oxygen atoms in total. The van der Waals surface area contributed by atoms with E-state index in [1.807, 2.05) is 0 Å². The van der Waals surface area contributed by atoms with Crippen molar-refractivity contribution < 1.29 is 23.8 Å². The summed E-state index contributed by atoms with van der Waals surface area (Å²) < 4.78 is 18.6. The Labute approximate surface area is 146 Å². The van der Waals surface area contributed by atoms with Gasteiger partial charge < -0.3 is 19.6 Å². The van der Waals surface area contributed by atoms with Gasteiger partial charge in [-0.1, -0.05) is 6.07 Å². The molecule has 1 aromatic rings. The van der Waals surface area contributed by atoms with Crippen LogP contribution in [0.4, 0.5) is 4.39 Å². The van der Waals surface area contributed by atoms with Crippen molar-refractivity contribution in [3.8, 4) is 5.75 Å². The second kappa shape index (κ2) is 7.39. The van der Waals surface area contributed by atoms with Gasteiger partial charge >= 0.3 is 0 Å². The van der Waals surface area contributed by atoms with Crippen molar-refractivity contribution in [3.63, 3.8) is 0 Å². The minimum atomic E-state index is -1.13. The maximum atomic E-state index is 13.1. The molecule has 25 heavy (non-hydrogen) atoms. The van der Waals surface area contributed by atoms with Crippen LogP contribution in [0.2, 0.25) is 0 Å². The standard InChI is InChI=1S/C18H23FN2O4/c19-14-3-1-4-15(11-14)25-13-18(24)7-10-21(12-18)17(23)6-9-20-8-2-5-16(20)22/h1,3-4,11,24H,2,5-10,12-13H2/t18-/m1/s1. The minimum absolute atomic E-state index is 0.00481. The third-order valence-corrected chi connectivity index (χ3v) is 4.76. The first-order valence-electron chi connectivity index (χ1n) is 8.61. The zero-order chi connectivity index (χ0) is 17.9. The van der Waals surface area contributed by atoms with Gasteiger partial charge in [0.1, 0.15) is 23.8 Å². The molecule has 2 amide bonds. The number of carbonyl (C=O) groups excluding carboxylic acids is 2. The highest BCUT2D eigenvalue weighted by molar-refractivity contribution is 5.80. The fourth-order valence-electron chi connectivity index (χ4n) is 3.29. The first-order chi connectivity index (χ1) is 12.0. The van der Waals surface area contributed by atoms with Gasteiger partial charge in [-0.05, 0) is 25.0 Å². The summed E-state index contributed by atoms with van der Waals surface area (Å²) in [5.41, 5.74) is -1.13. The second-order valence-electron chi connectivity index (χ2n) is 6.77. The van der Waals surface area contributed by atoms with E-state index >= 15 is 0 Å². The summed E-state index contributed by atoms with van der Waals surface area (Å²) in [6.45, 7) is 1.81.